The first-order valence-electron chi connectivity index (χ1n) is 6.93. The minimum atomic E-state index is 0.0461. The minimum Gasteiger partial charge on any atom is -0.497 e. The van der Waals surface area contributed by atoms with E-state index in [4.69, 9.17) is 14.1 Å². The highest BCUT2D eigenvalue weighted by Crippen LogP contribution is 2.36. The Morgan fingerprint density at radius 3 is 3.05 bits per heavy atom. The van der Waals surface area contributed by atoms with Gasteiger partial charge in [-0.25, -0.2) is 4.98 Å². The van der Waals surface area contributed by atoms with Crippen LogP contribution in [0.15, 0.2) is 22.6 Å². The van der Waals surface area contributed by atoms with Crippen LogP contribution in [0.25, 0.3) is 11.1 Å². The van der Waals surface area contributed by atoms with Crippen molar-refractivity contribution in [3.8, 4) is 5.75 Å². The van der Waals surface area contributed by atoms with Crippen LogP contribution < -0.4 is 10.1 Å². The first kappa shape index (κ1) is 12.5. The molecule has 0 saturated carbocycles. The summed E-state index contributed by atoms with van der Waals surface area (Å²) in [5.74, 6) is 1.67. The standard InChI is InChI=1S/C15H20N2O2/c1-3-15(7-4-8-16-10-15)14-17-12-6-5-11(18-2)9-13(12)19-14/h5-6,9,16H,3-4,7-8,10H2,1-2H3. The maximum absolute atomic E-state index is 6.01. The second kappa shape index (κ2) is 4.85. The number of fused-ring (bicyclic) bond motifs is 1. The summed E-state index contributed by atoms with van der Waals surface area (Å²) in [6.45, 7) is 4.26. The number of ether oxygens (including phenoxy) is 1. The van der Waals surface area contributed by atoms with Crippen molar-refractivity contribution >= 4 is 11.1 Å². The second-order valence-corrected chi connectivity index (χ2v) is 5.27. The van der Waals surface area contributed by atoms with E-state index in [1.807, 2.05) is 18.2 Å². The van der Waals surface area contributed by atoms with Crippen LogP contribution in [0.1, 0.15) is 32.1 Å². The third-order valence-corrected chi connectivity index (χ3v) is 4.20. The third-order valence-electron chi connectivity index (χ3n) is 4.20. The topological polar surface area (TPSA) is 47.3 Å². The normalized spacial score (nSPS) is 23.7. The Morgan fingerprint density at radius 2 is 2.37 bits per heavy atom. The Hall–Kier alpha value is -1.55. The number of rotatable bonds is 3. The quantitative estimate of drug-likeness (QED) is 0.921. The number of oxazole rings is 1. The Bertz CT molecular complexity index is 571. The molecule has 3 rings (SSSR count). The van der Waals surface area contributed by atoms with Crippen molar-refractivity contribution in [1.29, 1.82) is 0 Å². The number of hydrogen-bond donors (Lipinski definition) is 1. The van der Waals surface area contributed by atoms with E-state index in [2.05, 4.69) is 12.2 Å². The number of nitrogens with zero attached hydrogens (tertiary/aromatic N) is 1. The van der Waals surface area contributed by atoms with Crippen LogP contribution in [-0.4, -0.2) is 25.2 Å². The van der Waals surface area contributed by atoms with Crippen molar-refractivity contribution in [2.45, 2.75) is 31.6 Å². The van der Waals surface area contributed by atoms with Crippen molar-refractivity contribution in [2.24, 2.45) is 0 Å². The van der Waals surface area contributed by atoms with Gasteiger partial charge in [-0.2, -0.15) is 0 Å². The molecule has 1 aromatic carbocycles. The average Bonchev–Trinajstić information content (AvgIpc) is 2.91. The highest BCUT2D eigenvalue weighted by molar-refractivity contribution is 5.74. The Labute approximate surface area is 113 Å². The maximum Gasteiger partial charge on any atom is 0.202 e. The largest absolute Gasteiger partial charge is 0.497 e. The molecule has 1 N–H and O–H groups in total. The molecule has 1 aromatic heterocycles. The van der Waals surface area contributed by atoms with Gasteiger partial charge >= 0.3 is 0 Å². The van der Waals surface area contributed by atoms with E-state index in [0.717, 1.165) is 48.7 Å². The van der Waals surface area contributed by atoms with Crippen LogP contribution in [0.4, 0.5) is 0 Å². The predicted molar refractivity (Wildman–Crippen MR) is 74.6 cm³/mol. The van der Waals surface area contributed by atoms with Crippen LogP contribution in [0, 0.1) is 0 Å². The van der Waals surface area contributed by atoms with Gasteiger partial charge < -0.3 is 14.5 Å². The lowest BCUT2D eigenvalue weighted by atomic mass is 9.78. The van der Waals surface area contributed by atoms with E-state index in [-0.39, 0.29) is 5.41 Å². The Morgan fingerprint density at radius 1 is 1.47 bits per heavy atom. The molecule has 1 atom stereocenters. The zero-order valence-electron chi connectivity index (χ0n) is 11.5. The van der Waals surface area contributed by atoms with E-state index in [0.29, 0.717) is 0 Å². The number of methoxy groups -OCH3 is 1. The summed E-state index contributed by atoms with van der Waals surface area (Å²) in [4.78, 5) is 4.69. The molecule has 1 unspecified atom stereocenters. The SMILES string of the molecule is CCC1(c2nc3ccc(OC)cc3o2)CCCNC1. The molecule has 102 valence electrons. The summed E-state index contributed by atoms with van der Waals surface area (Å²) in [6.07, 6.45) is 3.36. The smallest absolute Gasteiger partial charge is 0.202 e. The van der Waals surface area contributed by atoms with Gasteiger partial charge in [0.2, 0.25) is 5.89 Å². The number of benzene rings is 1. The first-order valence-corrected chi connectivity index (χ1v) is 6.93. The molecular weight excluding hydrogens is 240 g/mol. The summed E-state index contributed by atoms with van der Waals surface area (Å²) < 4.78 is 11.2. The molecule has 1 saturated heterocycles. The fraction of sp³-hybridized carbons (Fsp3) is 0.533. The summed E-state index contributed by atoms with van der Waals surface area (Å²) in [6, 6.07) is 5.79. The number of aromatic nitrogens is 1. The van der Waals surface area contributed by atoms with Gasteiger partial charge in [0.25, 0.3) is 0 Å². The van der Waals surface area contributed by atoms with Gasteiger partial charge in [0.15, 0.2) is 5.58 Å². The van der Waals surface area contributed by atoms with Gasteiger partial charge in [-0.3, -0.25) is 0 Å². The summed E-state index contributed by atoms with van der Waals surface area (Å²) >= 11 is 0. The monoisotopic (exact) mass is 260 g/mol. The number of piperidine rings is 1. The molecule has 2 aromatic rings. The molecule has 2 heterocycles. The van der Waals surface area contributed by atoms with Gasteiger partial charge in [0, 0.05) is 12.6 Å². The maximum atomic E-state index is 6.01. The zero-order valence-corrected chi connectivity index (χ0v) is 11.5. The van der Waals surface area contributed by atoms with Gasteiger partial charge in [-0.05, 0) is 37.9 Å². The predicted octanol–water partition coefficient (Wildman–Crippen LogP) is 2.87. The molecule has 19 heavy (non-hydrogen) atoms. The van der Waals surface area contributed by atoms with Crippen molar-refractivity contribution < 1.29 is 9.15 Å². The molecule has 0 amide bonds. The molecule has 0 aliphatic carbocycles. The fourth-order valence-corrected chi connectivity index (χ4v) is 2.86. The van der Waals surface area contributed by atoms with E-state index < -0.39 is 0 Å². The van der Waals surface area contributed by atoms with Gasteiger partial charge in [-0.15, -0.1) is 0 Å². The van der Waals surface area contributed by atoms with Crippen LogP contribution in [-0.2, 0) is 5.41 Å². The molecule has 1 aliphatic rings. The van der Waals surface area contributed by atoms with Crippen molar-refractivity contribution in [1.82, 2.24) is 10.3 Å². The van der Waals surface area contributed by atoms with Gasteiger partial charge in [0.1, 0.15) is 11.3 Å². The molecule has 1 fully saturated rings. The van der Waals surface area contributed by atoms with Crippen molar-refractivity contribution in [2.75, 3.05) is 20.2 Å². The van der Waals surface area contributed by atoms with Crippen LogP contribution in [0.2, 0.25) is 0 Å². The van der Waals surface area contributed by atoms with Crippen molar-refractivity contribution in [3.05, 3.63) is 24.1 Å². The minimum absolute atomic E-state index is 0.0461. The van der Waals surface area contributed by atoms with E-state index in [1.54, 1.807) is 7.11 Å². The second-order valence-electron chi connectivity index (χ2n) is 5.27. The van der Waals surface area contributed by atoms with E-state index >= 15 is 0 Å². The van der Waals surface area contributed by atoms with Gasteiger partial charge in [-0.1, -0.05) is 6.92 Å². The van der Waals surface area contributed by atoms with E-state index in [1.165, 1.54) is 6.42 Å². The highest BCUT2D eigenvalue weighted by Gasteiger charge is 2.36. The molecule has 4 heteroatoms. The number of hydrogen-bond acceptors (Lipinski definition) is 4. The Kier molecular flexibility index (Phi) is 3.19. The molecular formula is C15H20N2O2. The summed E-state index contributed by atoms with van der Waals surface area (Å²) in [5, 5.41) is 3.47. The zero-order chi connectivity index (χ0) is 13.3. The average molecular weight is 260 g/mol. The lowest BCUT2D eigenvalue weighted by Gasteiger charge is -2.33. The highest BCUT2D eigenvalue weighted by atomic mass is 16.5. The third kappa shape index (κ3) is 2.10. The molecule has 4 nitrogen and oxygen atoms in total. The fourth-order valence-electron chi connectivity index (χ4n) is 2.86. The van der Waals surface area contributed by atoms with Gasteiger partial charge in [0.05, 0.1) is 12.5 Å². The summed E-state index contributed by atoms with van der Waals surface area (Å²) in [5.41, 5.74) is 1.77. The van der Waals surface area contributed by atoms with Crippen LogP contribution >= 0.6 is 0 Å². The Balaban J connectivity index is 2.03. The molecule has 0 bridgehead atoms. The van der Waals surface area contributed by atoms with Crippen molar-refractivity contribution in [3.63, 3.8) is 0 Å². The van der Waals surface area contributed by atoms with Crippen LogP contribution in [0.3, 0.4) is 0 Å². The lowest BCUT2D eigenvalue weighted by Crippen LogP contribution is -2.43. The molecule has 0 radical (unpaired) electrons. The molecule has 1 aliphatic heterocycles. The number of nitrogens with one attached hydrogen (secondary N) is 1. The summed E-state index contributed by atoms with van der Waals surface area (Å²) in [7, 11) is 1.66. The lowest BCUT2D eigenvalue weighted by molar-refractivity contribution is 0.248. The van der Waals surface area contributed by atoms with E-state index in [9.17, 15) is 0 Å². The first-order chi connectivity index (χ1) is 9.27. The van der Waals surface area contributed by atoms with Crippen LogP contribution in [0.5, 0.6) is 5.75 Å². The molecule has 0 spiro atoms.